The zero-order chi connectivity index (χ0) is 28.2. The van der Waals surface area contributed by atoms with Crippen molar-refractivity contribution in [2.24, 2.45) is 0 Å². The number of furan rings is 1. The predicted octanol–water partition coefficient (Wildman–Crippen LogP) is 6.45. The van der Waals surface area contributed by atoms with Crippen molar-refractivity contribution < 1.29 is 18.7 Å². The van der Waals surface area contributed by atoms with Crippen molar-refractivity contribution >= 4 is 96.0 Å². The molecule has 2 amide bonds. The minimum absolute atomic E-state index is 0.163. The molecule has 1 saturated heterocycles. The first-order valence-electron chi connectivity index (χ1n) is 12.1. The minimum Gasteiger partial charge on any atom is -0.484 e. The van der Waals surface area contributed by atoms with Crippen LogP contribution in [0.15, 0.2) is 80.6 Å². The Balaban J connectivity index is 0.972. The van der Waals surface area contributed by atoms with Gasteiger partial charge in [-0.3, -0.25) is 19.8 Å². The third-order valence-corrected chi connectivity index (χ3v) is 10.2. The number of anilines is 1. The number of carbonyl (C=O) groups is 2. The van der Waals surface area contributed by atoms with Gasteiger partial charge < -0.3 is 9.15 Å². The molecular formula is C27H19N5O4S5. The number of rotatable bonds is 10. The molecule has 0 spiro atoms. The highest BCUT2D eigenvalue weighted by molar-refractivity contribution is 8.26. The van der Waals surface area contributed by atoms with Gasteiger partial charge in [-0.15, -0.1) is 21.5 Å². The Morgan fingerprint density at radius 3 is 2.76 bits per heavy atom. The molecule has 6 rings (SSSR count). The number of thiocarbonyl (C=S) groups is 1. The van der Waals surface area contributed by atoms with E-state index in [1.165, 1.54) is 28.0 Å². The van der Waals surface area contributed by atoms with Crippen LogP contribution in [0.2, 0.25) is 0 Å². The number of para-hydroxylation sites is 1. The third kappa shape index (κ3) is 6.85. The molecule has 3 aromatic heterocycles. The van der Waals surface area contributed by atoms with Crippen LogP contribution in [0, 0.1) is 0 Å². The lowest BCUT2D eigenvalue weighted by atomic mass is 10.2. The summed E-state index contributed by atoms with van der Waals surface area (Å²) in [6.07, 6.45) is 3.34. The lowest BCUT2D eigenvalue weighted by molar-refractivity contribution is -0.122. The van der Waals surface area contributed by atoms with Gasteiger partial charge in [-0.2, -0.15) is 0 Å². The smallest absolute Gasteiger partial charge is 0.266 e. The van der Waals surface area contributed by atoms with E-state index in [0.29, 0.717) is 38.2 Å². The van der Waals surface area contributed by atoms with Crippen LogP contribution in [-0.2, 0) is 21.9 Å². The van der Waals surface area contributed by atoms with E-state index in [4.69, 9.17) is 21.4 Å². The summed E-state index contributed by atoms with van der Waals surface area (Å²) in [6, 6.07) is 18.7. The van der Waals surface area contributed by atoms with Crippen LogP contribution >= 0.6 is 58.4 Å². The van der Waals surface area contributed by atoms with E-state index in [9.17, 15) is 9.59 Å². The van der Waals surface area contributed by atoms with E-state index >= 15 is 0 Å². The quantitative estimate of drug-likeness (QED) is 0.104. The lowest BCUT2D eigenvalue weighted by Crippen LogP contribution is -2.27. The van der Waals surface area contributed by atoms with Gasteiger partial charge in [-0.05, 0) is 48.0 Å². The normalized spacial score (nSPS) is 14.3. The minimum atomic E-state index is -0.337. The molecule has 0 aliphatic carbocycles. The fourth-order valence-electron chi connectivity index (χ4n) is 3.71. The number of fused-ring (bicyclic) bond motifs is 1. The van der Waals surface area contributed by atoms with Crippen molar-refractivity contribution in [1.29, 1.82) is 0 Å². The number of hydrogen-bond acceptors (Lipinski definition) is 12. The molecule has 0 radical (unpaired) electrons. The van der Waals surface area contributed by atoms with Gasteiger partial charge in [0.15, 0.2) is 10.9 Å². The number of aromatic nitrogens is 3. The molecule has 4 heterocycles. The Hall–Kier alpha value is -3.56. The molecule has 1 aliphatic heterocycles. The largest absolute Gasteiger partial charge is 0.484 e. The SMILES string of the molecule is O=C(COc1ccc(/C=C2\SC(=S)N(Cc3ccco3)C2=O)cc1)Nc1nnc(CSc2nc3ccccc3s2)s1. The van der Waals surface area contributed by atoms with E-state index in [-0.39, 0.29) is 18.4 Å². The Kier molecular flexibility index (Phi) is 8.43. The second-order valence-electron chi connectivity index (χ2n) is 8.49. The van der Waals surface area contributed by atoms with Crippen LogP contribution in [0.1, 0.15) is 16.3 Å². The molecule has 1 N–H and O–H groups in total. The number of thiazole rings is 1. The van der Waals surface area contributed by atoms with Crippen molar-refractivity contribution in [3.05, 3.63) is 88.2 Å². The maximum atomic E-state index is 12.8. The number of carbonyl (C=O) groups excluding carboxylic acids is 2. The standard InChI is InChI=1S/C27H19N5O4S5/c33-22(29-25-31-30-23(41-25)15-38-26-28-19-5-1-2-6-20(19)39-26)14-36-17-9-7-16(8-10-17)12-21-24(34)32(27(37)40-21)13-18-4-3-11-35-18/h1-12H,13-15H2,(H,29,31,33)/b21-12-. The average molecular weight is 638 g/mol. The van der Waals surface area contributed by atoms with Crippen molar-refractivity contribution in [2.45, 2.75) is 16.6 Å². The van der Waals surface area contributed by atoms with Gasteiger partial charge in [0.2, 0.25) is 5.13 Å². The highest BCUT2D eigenvalue weighted by Gasteiger charge is 2.32. The van der Waals surface area contributed by atoms with Crippen LogP contribution in [0.25, 0.3) is 16.3 Å². The molecule has 14 heteroatoms. The number of nitrogens with zero attached hydrogens (tertiary/aromatic N) is 4. The molecule has 0 unspecified atom stereocenters. The molecule has 41 heavy (non-hydrogen) atoms. The van der Waals surface area contributed by atoms with E-state index in [2.05, 4.69) is 26.6 Å². The number of nitrogens with one attached hydrogen (secondary N) is 1. The third-order valence-electron chi connectivity index (χ3n) is 5.62. The van der Waals surface area contributed by atoms with Crippen LogP contribution in [0.5, 0.6) is 5.75 Å². The van der Waals surface area contributed by atoms with Gasteiger partial charge in [0.25, 0.3) is 11.8 Å². The van der Waals surface area contributed by atoms with Crippen LogP contribution in [0.3, 0.4) is 0 Å². The van der Waals surface area contributed by atoms with Gasteiger partial charge in [0.1, 0.15) is 20.8 Å². The van der Waals surface area contributed by atoms with Gasteiger partial charge in [0, 0.05) is 0 Å². The maximum Gasteiger partial charge on any atom is 0.266 e. The molecule has 0 atom stereocenters. The molecule has 2 aromatic carbocycles. The first-order valence-corrected chi connectivity index (χ1v) is 16.0. The molecule has 1 aliphatic rings. The molecular weight excluding hydrogens is 619 g/mol. The zero-order valence-electron chi connectivity index (χ0n) is 21.0. The average Bonchev–Trinajstić information content (AvgIpc) is 3.78. The van der Waals surface area contributed by atoms with Gasteiger partial charge >= 0.3 is 0 Å². The number of amides is 2. The van der Waals surface area contributed by atoms with Crippen LogP contribution in [-0.4, -0.2) is 42.8 Å². The monoisotopic (exact) mass is 637 g/mol. The predicted molar refractivity (Wildman–Crippen MR) is 167 cm³/mol. The van der Waals surface area contributed by atoms with Crippen molar-refractivity contribution in [1.82, 2.24) is 20.1 Å². The zero-order valence-corrected chi connectivity index (χ0v) is 25.1. The van der Waals surface area contributed by atoms with Gasteiger partial charge in [-0.1, -0.05) is 71.3 Å². The highest BCUT2D eigenvalue weighted by Crippen LogP contribution is 2.34. The topological polar surface area (TPSA) is 110 Å². The summed E-state index contributed by atoms with van der Waals surface area (Å²) in [7, 11) is 0. The lowest BCUT2D eigenvalue weighted by Gasteiger charge is -2.11. The molecule has 5 aromatic rings. The summed E-state index contributed by atoms with van der Waals surface area (Å²) in [5.74, 6) is 1.30. The maximum absolute atomic E-state index is 12.8. The fourth-order valence-corrected chi connectivity index (χ4v) is 7.77. The van der Waals surface area contributed by atoms with E-state index in [1.54, 1.807) is 59.7 Å². The van der Waals surface area contributed by atoms with Crippen LogP contribution < -0.4 is 10.1 Å². The Labute approximate surface area is 256 Å². The van der Waals surface area contributed by atoms with Crippen molar-refractivity contribution in [2.75, 3.05) is 11.9 Å². The Morgan fingerprint density at radius 2 is 1.95 bits per heavy atom. The second-order valence-corrected chi connectivity index (χ2v) is 13.5. The van der Waals surface area contributed by atoms with Gasteiger partial charge in [0.05, 0.1) is 33.7 Å². The first kappa shape index (κ1) is 27.6. The van der Waals surface area contributed by atoms with E-state index in [1.807, 2.05) is 30.3 Å². The van der Waals surface area contributed by atoms with E-state index < -0.39 is 0 Å². The molecule has 0 saturated carbocycles. The summed E-state index contributed by atoms with van der Waals surface area (Å²) < 4.78 is 13.5. The van der Waals surface area contributed by atoms with Crippen molar-refractivity contribution in [3.63, 3.8) is 0 Å². The number of ether oxygens (including phenoxy) is 1. The summed E-state index contributed by atoms with van der Waals surface area (Å²) in [5, 5.41) is 12.2. The Morgan fingerprint density at radius 1 is 1.10 bits per heavy atom. The molecule has 206 valence electrons. The summed E-state index contributed by atoms with van der Waals surface area (Å²) in [4.78, 5) is 31.9. The fraction of sp³-hybridized carbons (Fsp3) is 0.111. The van der Waals surface area contributed by atoms with Crippen LogP contribution in [0.4, 0.5) is 5.13 Å². The molecule has 0 bridgehead atoms. The Bertz CT molecular complexity index is 1710. The van der Waals surface area contributed by atoms with E-state index in [0.717, 1.165) is 25.1 Å². The summed E-state index contributed by atoms with van der Waals surface area (Å²) >= 11 is 11.2. The summed E-state index contributed by atoms with van der Waals surface area (Å²) in [5.41, 5.74) is 1.79. The summed E-state index contributed by atoms with van der Waals surface area (Å²) in [6.45, 7) is 0.117. The van der Waals surface area contributed by atoms with Gasteiger partial charge in [-0.25, -0.2) is 4.98 Å². The highest BCUT2D eigenvalue weighted by atomic mass is 32.2. The molecule has 1 fully saturated rings. The number of hydrogen-bond donors (Lipinski definition) is 1. The first-order chi connectivity index (χ1) is 20.0. The van der Waals surface area contributed by atoms with Crippen molar-refractivity contribution in [3.8, 4) is 5.75 Å². The number of benzene rings is 2. The second kappa shape index (κ2) is 12.5. The number of thioether (sulfide) groups is 2. The molecule has 9 nitrogen and oxygen atoms in total.